The minimum atomic E-state index is -0.225. The largest absolute Gasteiger partial charge is 0.393 e. The summed E-state index contributed by atoms with van der Waals surface area (Å²) >= 11 is 5.93. The van der Waals surface area contributed by atoms with E-state index >= 15 is 0 Å². The summed E-state index contributed by atoms with van der Waals surface area (Å²) in [5.74, 6) is 1.05. The third kappa shape index (κ3) is 3.94. The Morgan fingerprint density at radius 3 is 2.21 bits per heavy atom. The molecule has 0 bridgehead atoms. The number of nitrogens with one attached hydrogen (secondary N) is 1. The number of aromatic nitrogens is 2. The van der Waals surface area contributed by atoms with Crippen LogP contribution in [0.4, 0.5) is 33.1 Å². The highest BCUT2D eigenvalue weighted by Gasteiger charge is 2.21. The fourth-order valence-corrected chi connectivity index (χ4v) is 3.36. The highest BCUT2D eigenvalue weighted by atomic mass is 35.5. The number of hydrogen-bond acceptors (Lipinski definition) is 6. The van der Waals surface area contributed by atoms with Crippen molar-refractivity contribution in [1.29, 1.82) is 0 Å². The summed E-state index contributed by atoms with van der Waals surface area (Å²) in [6.45, 7) is 3.13. The van der Waals surface area contributed by atoms with Gasteiger partial charge in [-0.25, -0.2) is 14.4 Å². The molecule has 2 aromatic carbocycles. The van der Waals surface area contributed by atoms with Gasteiger partial charge in [-0.05, 0) is 48.5 Å². The predicted octanol–water partition coefficient (Wildman–Crippen LogP) is 3.92. The summed E-state index contributed by atoms with van der Waals surface area (Å²) in [5, 5.41) is 3.88. The molecule has 0 aliphatic carbocycles. The zero-order chi connectivity index (χ0) is 19.5. The van der Waals surface area contributed by atoms with E-state index in [-0.39, 0.29) is 5.82 Å². The molecule has 8 heteroatoms. The van der Waals surface area contributed by atoms with Crippen molar-refractivity contribution in [3.63, 3.8) is 0 Å². The van der Waals surface area contributed by atoms with E-state index in [9.17, 15) is 4.39 Å². The Morgan fingerprint density at radius 1 is 0.893 bits per heavy atom. The van der Waals surface area contributed by atoms with Crippen LogP contribution in [-0.4, -0.2) is 36.1 Å². The molecule has 0 amide bonds. The summed E-state index contributed by atoms with van der Waals surface area (Å²) < 4.78 is 13.1. The minimum absolute atomic E-state index is 0.225. The molecule has 1 fully saturated rings. The number of benzene rings is 2. The number of nitrogens with zero attached hydrogens (tertiary/aromatic N) is 4. The first kappa shape index (κ1) is 18.3. The molecule has 0 saturated carbocycles. The van der Waals surface area contributed by atoms with Gasteiger partial charge in [-0.15, -0.1) is 0 Å². The zero-order valence-electron chi connectivity index (χ0n) is 15.1. The molecule has 0 atom stereocenters. The average Bonchev–Trinajstić information content (AvgIpc) is 2.72. The van der Waals surface area contributed by atoms with Gasteiger partial charge >= 0.3 is 0 Å². The second kappa shape index (κ2) is 7.90. The van der Waals surface area contributed by atoms with Crippen LogP contribution in [0.25, 0.3) is 0 Å². The van der Waals surface area contributed by atoms with Crippen molar-refractivity contribution in [3.05, 3.63) is 65.7 Å². The standard InChI is InChI=1S/C20H20ClFN6/c21-14-1-5-16(6-2-14)26-19-18(23)20(25-13-24-19)28-11-9-27(10-12-28)17-7-3-15(22)4-8-17/h1-8,13H,9-12,23H2,(H,24,25,26). The molecule has 144 valence electrons. The van der Waals surface area contributed by atoms with Crippen molar-refractivity contribution in [2.75, 3.05) is 47.0 Å². The molecule has 0 unspecified atom stereocenters. The molecular weight excluding hydrogens is 379 g/mol. The van der Waals surface area contributed by atoms with Crippen LogP contribution < -0.4 is 20.9 Å². The van der Waals surface area contributed by atoms with Crippen molar-refractivity contribution in [2.45, 2.75) is 0 Å². The Hall–Kier alpha value is -3.06. The van der Waals surface area contributed by atoms with Gasteiger partial charge in [0.15, 0.2) is 11.6 Å². The second-order valence-electron chi connectivity index (χ2n) is 6.54. The van der Waals surface area contributed by atoms with E-state index in [1.807, 2.05) is 12.1 Å². The van der Waals surface area contributed by atoms with Crippen LogP contribution in [0.2, 0.25) is 5.02 Å². The van der Waals surface area contributed by atoms with Crippen LogP contribution in [0.15, 0.2) is 54.9 Å². The molecule has 4 rings (SSSR count). The minimum Gasteiger partial charge on any atom is -0.393 e. The van der Waals surface area contributed by atoms with E-state index in [1.165, 1.54) is 18.5 Å². The van der Waals surface area contributed by atoms with Gasteiger partial charge in [0.25, 0.3) is 0 Å². The molecule has 1 aliphatic rings. The highest BCUT2D eigenvalue weighted by Crippen LogP contribution is 2.30. The van der Waals surface area contributed by atoms with Gasteiger partial charge in [-0.2, -0.15) is 0 Å². The number of halogens is 2. The predicted molar refractivity (Wildman–Crippen MR) is 112 cm³/mol. The number of nitrogen functional groups attached to an aromatic ring is 1. The van der Waals surface area contributed by atoms with Crippen LogP contribution >= 0.6 is 11.6 Å². The third-order valence-electron chi connectivity index (χ3n) is 4.74. The Balaban J connectivity index is 1.46. The topological polar surface area (TPSA) is 70.3 Å². The number of anilines is 5. The first-order chi connectivity index (χ1) is 13.6. The van der Waals surface area contributed by atoms with Crippen molar-refractivity contribution >= 4 is 40.3 Å². The van der Waals surface area contributed by atoms with E-state index in [4.69, 9.17) is 17.3 Å². The number of nitrogens with two attached hydrogens (primary N) is 1. The molecule has 1 aliphatic heterocycles. The smallest absolute Gasteiger partial charge is 0.159 e. The average molecular weight is 399 g/mol. The normalized spacial score (nSPS) is 14.2. The van der Waals surface area contributed by atoms with Crippen molar-refractivity contribution in [1.82, 2.24) is 9.97 Å². The number of rotatable bonds is 4. The summed E-state index contributed by atoms with van der Waals surface area (Å²) in [7, 11) is 0. The summed E-state index contributed by atoms with van der Waals surface area (Å²) in [5.41, 5.74) is 8.72. The van der Waals surface area contributed by atoms with Gasteiger partial charge in [-0.3, -0.25) is 0 Å². The van der Waals surface area contributed by atoms with Gasteiger partial charge in [0.05, 0.1) is 0 Å². The van der Waals surface area contributed by atoms with E-state index in [2.05, 4.69) is 25.1 Å². The fraction of sp³-hybridized carbons (Fsp3) is 0.200. The number of piperazine rings is 1. The monoisotopic (exact) mass is 398 g/mol. The molecule has 3 aromatic rings. The zero-order valence-corrected chi connectivity index (χ0v) is 15.9. The van der Waals surface area contributed by atoms with E-state index in [0.717, 1.165) is 37.6 Å². The summed E-state index contributed by atoms with van der Waals surface area (Å²) in [6.07, 6.45) is 1.51. The third-order valence-corrected chi connectivity index (χ3v) is 4.99. The molecule has 2 heterocycles. The van der Waals surface area contributed by atoms with Crippen LogP contribution in [0.1, 0.15) is 0 Å². The Bertz CT molecular complexity index is 940. The SMILES string of the molecule is Nc1c(Nc2ccc(Cl)cc2)ncnc1N1CCN(c2ccc(F)cc2)CC1. The van der Waals surface area contributed by atoms with Crippen LogP contribution in [-0.2, 0) is 0 Å². The van der Waals surface area contributed by atoms with Crippen molar-refractivity contribution in [2.24, 2.45) is 0 Å². The Morgan fingerprint density at radius 2 is 1.54 bits per heavy atom. The first-order valence-electron chi connectivity index (χ1n) is 8.99. The van der Waals surface area contributed by atoms with E-state index < -0.39 is 0 Å². The Labute approximate surface area is 167 Å². The van der Waals surface area contributed by atoms with Crippen molar-refractivity contribution in [3.8, 4) is 0 Å². The Kier molecular flexibility index (Phi) is 5.16. The van der Waals surface area contributed by atoms with Crippen LogP contribution in [0.3, 0.4) is 0 Å². The maximum atomic E-state index is 13.1. The molecule has 1 saturated heterocycles. The highest BCUT2D eigenvalue weighted by molar-refractivity contribution is 6.30. The molecule has 0 spiro atoms. The van der Waals surface area contributed by atoms with E-state index in [1.54, 1.807) is 24.3 Å². The maximum Gasteiger partial charge on any atom is 0.159 e. The summed E-state index contributed by atoms with van der Waals surface area (Å²) in [6, 6.07) is 13.9. The van der Waals surface area contributed by atoms with Crippen LogP contribution in [0.5, 0.6) is 0 Å². The lowest BCUT2D eigenvalue weighted by Gasteiger charge is -2.37. The quantitative estimate of drug-likeness (QED) is 0.694. The second-order valence-corrected chi connectivity index (χ2v) is 6.98. The van der Waals surface area contributed by atoms with Gasteiger partial charge in [-0.1, -0.05) is 11.6 Å². The molecular formula is C20H20ClFN6. The molecule has 0 radical (unpaired) electrons. The number of hydrogen-bond donors (Lipinski definition) is 2. The van der Waals surface area contributed by atoms with Crippen molar-refractivity contribution < 1.29 is 4.39 Å². The lowest BCUT2D eigenvalue weighted by Crippen LogP contribution is -2.47. The van der Waals surface area contributed by atoms with Gasteiger partial charge in [0.1, 0.15) is 17.8 Å². The van der Waals surface area contributed by atoms with Gasteiger partial charge in [0, 0.05) is 42.6 Å². The first-order valence-corrected chi connectivity index (χ1v) is 9.36. The molecule has 6 nitrogen and oxygen atoms in total. The van der Waals surface area contributed by atoms with Gasteiger partial charge in [0.2, 0.25) is 0 Å². The lowest BCUT2D eigenvalue weighted by atomic mass is 10.2. The lowest BCUT2D eigenvalue weighted by molar-refractivity contribution is 0.624. The maximum absolute atomic E-state index is 13.1. The fourth-order valence-electron chi connectivity index (χ4n) is 3.24. The molecule has 1 aromatic heterocycles. The van der Waals surface area contributed by atoms with E-state index in [0.29, 0.717) is 22.3 Å². The van der Waals surface area contributed by atoms with Crippen LogP contribution in [0, 0.1) is 5.82 Å². The summed E-state index contributed by atoms with van der Waals surface area (Å²) in [4.78, 5) is 13.0. The molecule has 28 heavy (non-hydrogen) atoms. The van der Waals surface area contributed by atoms with Gasteiger partial charge < -0.3 is 20.9 Å². The molecule has 3 N–H and O–H groups in total.